The first-order chi connectivity index (χ1) is 11.4. The third kappa shape index (κ3) is 3.81. The summed E-state index contributed by atoms with van der Waals surface area (Å²) in [6.45, 7) is 1.85. The average molecular weight is 350 g/mol. The number of aryl methyl sites for hydroxylation is 1. The van der Waals surface area contributed by atoms with E-state index in [1.807, 2.05) is 14.0 Å². The Hall–Kier alpha value is -1.40. The minimum atomic E-state index is -3.54. The first-order valence-corrected chi connectivity index (χ1v) is 10.3. The van der Waals surface area contributed by atoms with Gasteiger partial charge in [0.2, 0.25) is 10.0 Å². The van der Waals surface area contributed by atoms with Crippen molar-refractivity contribution in [3.05, 3.63) is 29.3 Å². The Morgan fingerprint density at radius 2 is 1.79 bits per heavy atom. The van der Waals surface area contributed by atoms with Gasteiger partial charge in [-0.1, -0.05) is 25.3 Å². The van der Waals surface area contributed by atoms with Gasteiger partial charge in [-0.15, -0.1) is 0 Å². The smallest absolute Gasteiger partial charge is 0.254 e. The molecule has 0 atom stereocenters. The lowest BCUT2D eigenvalue weighted by Gasteiger charge is -2.31. The van der Waals surface area contributed by atoms with Gasteiger partial charge in [-0.25, -0.2) is 13.1 Å². The van der Waals surface area contributed by atoms with Crippen molar-refractivity contribution >= 4 is 15.9 Å². The molecule has 0 radical (unpaired) electrons. The maximum Gasteiger partial charge on any atom is 0.254 e. The van der Waals surface area contributed by atoms with Crippen molar-refractivity contribution in [1.82, 2.24) is 9.62 Å². The molecule has 0 saturated heterocycles. The van der Waals surface area contributed by atoms with Gasteiger partial charge in [0.05, 0.1) is 4.90 Å². The Balaban J connectivity index is 1.83. The Morgan fingerprint density at radius 1 is 1.12 bits per heavy atom. The molecule has 3 rings (SSSR count). The van der Waals surface area contributed by atoms with Crippen LogP contribution in [0.5, 0.6) is 0 Å². The van der Waals surface area contributed by atoms with Crippen LogP contribution >= 0.6 is 0 Å². The molecule has 2 saturated carbocycles. The van der Waals surface area contributed by atoms with E-state index in [-0.39, 0.29) is 22.9 Å². The van der Waals surface area contributed by atoms with E-state index in [1.165, 1.54) is 12.5 Å². The largest absolute Gasteiger partial charge is 0.339 e. The first kappa shape index (κ1) is 17.4. The lowest BCUT2D eigenvalue weighted by atomic mass is 9.94. The molecule has 1 N–H and O–H groups in total. The average Bonchev–Trinajstić information content (AvgIpc) is 3.38. The lowest BCUT2D eigenvalue weighted by molar-refractivity contribution is 0.0695. The van der Waals surface area contributed by atoms with Crippen molar-refractivity contribution < 1.29 is 13.2 Å². The molecule has 2 aliphatic carbocycles. The highest BCUT2D eigenvalue weighted by atomic mass is 32.2. The quantitative estimate of drug-likeness (QED) is 0.888. The summed E-state index contributed by atoms with van der Waals surface area (Å²) in [5.74, 6) is -0.0807. The fourth-order valence-electron chi connectivity index (χ4n) is 3.31. The summed E-state index contributed by atoms with van der Waals surface area (Å²) < 4.78 is 27.5. The molecule has 2 fully saturated rings. The maximum absolute atomic E-state index is 12.9. The SMILES string of the molecule is Cc1ccc(S(=O)(=O)NC2CC2)cc1C(=O)N(C)C1CCCCC1. The van der Waals surface area contributed by atoms with E-state index in [2.05, 4.69) is 4.72 Å². The van der Waals surface area contributed by atoms with E-state index in [0.29, 0.717) is 5.56 Å². The second-order valence-electron chi connectivity index (χ2n) is 7.08. The van der Waals surface area contributed by atoms with Crippen molar-refractivity contribution in [3.63, 3.8) is 0 Å². The number of nitrogens with zero attached hydrogens (tertiary/aromatic N) is 1. The van der Waals surface area contributed by atoms with Crippen LogP contribution in [0.1, 0.15) is 60.9 Å². The second-order valence-corrected chi connectivity index (χ2v) is 8.79. The van der Waals surface area contributed by atoms with Crippen molar-refractivity contribution in [2.75, 3.05) is 7.05 Å². The van der Waals surface area contributed by atoms with Gasteiger partial charge in [0.25, 0.3) is 5.91 Å². The summed E-state index contributed by atoms with van der Waals surface area (Å²) in [5, 5.41) is 0. The number of carbonyl (C=O) groups is 1. The Kier molecular flexibility index (Phi) is 4.97. The molecule has 6 heteroatoms. The van der Waals surface area contributed by atoms with Crippen LogP contribution in [0.15, 0.2) is 23.1 Å². The third-order valence-electron chi connectivity index (χ3n) is 5.09. The van der Waals surface area contributed by atoms with Crippen LogP contribution < -0.4 is 4.72 Å². The van der Waals surface area contributed by atoms with Crippen molar-refractivity contribution in [3.8, 4) is 0 Å². The summed E-state index contributed by atoms with van der Waals surface area (Å²) in [6.07, 6.45) is 7.38. The third-order valence-corrected chi connectivity index (χ3v) is 6.61. The summed E-state index contributed by atoms with van der Waals surface area (Å²) in [5.41, 5.74) is 1.30. The summed E-state index contributed by atoms with van der Waals surface area (Å²) >= 11 is 0. The van der Waals surface area contributed by atoms with E-state index >= 15 is 0 Å². The molecule has 0 heterocycles. The highest BCUT2D eigenvalue weighted by Gasteiger charge is 2.29. The van der Waals surface area contributed by atoms with E-state index in [4.69, 9.17) is 0 Å². The van der Waals surface area contributed by atoms with Gasteiger partial charge >= 0.3 is 0 Å². The zero-order valence-electron chi connectivity index (χ0n) is 14.4. The molecule has 5 nitrogen and oxygen atoms in total. The van der Waals surface area contributed by atoms with Crippen LogP contribution in [0, 0.1) is 6.92 Å². The monoisotopic (exact) mass is 350 g/mol. The number of rotatable bonds is 5. The molecule has 0 aromatic heterocycles. The molecule has 1 aromatic carbocycles. The van der Waals surface area contributed by atoms with Gasteiger partial charge in [-0.2, -0.15) is 0 Å². The molecule has 132 valence electrons. The minimum Gasteiger partial charge on any atom is -0.339 e. The van der Waals surface area contributed by atoms with Crippen LogP contribution in [0.2, 0.25) is 0 Å². The summed E-state index contributed by atoms with van der Waals surface area (Å²) in [4.78, 5) is 14.9. The summed E-state index contributed by atoms with van der Waals surface area (Å²) in [6, 6.07) is 5.15. The Bertz CT molecular complexity index is 720. The van der Waals surface area contributed by atoms with Gasteiger partial charge in [-0.05, 0) is 50.3 Å². The molecule has 24 heavy (non-hydrogen) atoms. The number of sulfonamides is 1. The molecule has 0 aliphatic heterocycles. The van der Waals surface area contributed by atoms with Crippen LogP contribution in [-0.4, -0.2) is 38.4 Å². The lowest BCUT2D eigenvalue weighted by Crippen LogP contribution is -2.38. The molecular formula is C18H26N2O3S. The Morgan fingerprint density at radius 3 is 2.42 bits per heavy atom. The van der Waals surface area contributed by atoms with E-state index < -0.39 is 10.0 Å². The second kappa shape index (κ2) is 6.84. The van der Waals surface area contributed by atoms with E-state index in [1.54, 1.807) is 17.0 Å². The number of hydrogen-bond acceptors (Lipinski definition) is 3. The van der Waals surface area contributed by atoms with Crippen molar-refractivity contribution in [2.24, 2.45) is 0 Å². The predicted octanol–water partition coefficient (Wildman–Crippen LogP) is 2.84. The fraction of sp³-hybridized carbons (Fsp3) is 0.611. The number of hydrogen-bond donors (Lipinski definition) is 1. The predicted molar refractivity (Wildman–Crippen MR) is 93.5 cm³/mol. The molecule has 0 unspecified atom stereocenters. The van der Waals surface area contributed by atoms with Gasteiger partial charge in [0.15, 0.2) is 0 Å². The maximum atomic E-state index is 12.9. The molecule has 1 aromatic rings. The number of carbonyl (C=O) groups excluding carboxylic acids is 1. The molecule has 1 amide bonds. The molecule has 0 bridgehead atoms. The fourth-order valence-corrected chi connectivity index (χ4v) is 4.64. The van der Waals surface area contributed by atoms with Crippen molar-refractivity contribution in [2.45, 2.75) is 68.8 Å². The number of benzene rings is 1. The van der Waals surface area contributed by atoms with E-state index in [9.17, 15) is 13.2 Å². The van der Waals surface area contributed by atoms with Gasteiger partial charge in [-0.3, -0.25) is 4.79 Å². The van der Waals surface area contributed by atoms with Gasteiger partial charge in [0.1, 0.15) is 0 Å². The number of nitrogens with one attached hydrogen (secondary N) is 1. The Labute approximate surface area is 144 Å². The standard InChI is InChI=1S/C18H26N2O3S/c1-13-8-11-16(24(22,23)19-14-9-10-14)12-17(13)18(21)20(2)15-6-4-3-5-7-15/h8,11-12,14-15,19H,3-7,9-10H2,1-2H3. The van der Waals surface area contributed by atoms with Crippen molar-refractivity contribution in [1.29, 1.82) is 0 Å². The molecule has 0 spiro atoms. The normalized spacial score (nSPS) is 19.2. The van der Waals surface area contributed by atoms with Gasteiger partial charge < -0.3 is 4.90 Å². The number of amides is 1. The van der Waals surface area contributed by atoms with Crippen LogP contribution in [0.4, 0.5) is 0 Å². The van der Waals surface area contributed by atoms with Gasteiger partial charge in [0, 0.05) is 24.7 Å². The zero-order chi connectivity index (χ0) is 17.3. The van der Waals surface area contributed by atoms with Crippen LogP contribution in [-0.2, 0) is 10.0 Å². The molecular weight excluding hydrogens is 324 g/mol. The van der Waals surface area contributed by atoms with Crippen LogP contribution in [0.3, 0.4) is 0 Å². The highest BCUT2D eigenvalue weighted by Crippen LogP contribution is 2.26. The topological polar surface area (TPSA) is 66.5 Å². The molecule has 2 aliphatic rings. The minimum absolute atomic E-state index is 0.0559. The zero-order valence-corrected chi connectivity index (χ0v) is 15.2. The first-order valence-electron chi connectivity index (χ1n) is 8.78. The van der Waals surface area contributed by atoms with E-state index in [0.717, 1.165) is 44.1 Å². The summed E-state index contributed by atoms with van der Waals surface area (Å²) in [7, 11) is -1.71. The van der Waals surface area contributed by atoms with Crippen LogP contribution in [0.25, 0.3) is 0 Å². The highest BCUT2D eigenvalue weighted by molar-refractivity contribution is 7.89.